The molecular weight excluding hydrogens is 555 g/mol. The summed E-state index contributed by atoms with van der Waals surface area (Å²) in [5.41, 5.74) is 5.27. The number of amides is 1. The quantitative estimate of drug-likeness (QED) is 0.194. The first-order chi connectivity index (χ1) is 18.8. The van der Waals surface area contributed by atoms with E-state index < -0.39 is 10.0 Å². The summed E-state index contributed by atoms with van der Waals surface area (Å²) in [6.07, 6.45) is 2.39. The van der Waals surface area contributed by atoms with Crippen LogP contribution in [-0.2, 0) is 32.5 Å². The Hall–Kier alpha value is -2.87. The molecule has 0 atom stereocenters. The Balaban J connectivity index is 1.46. The molecule has 39 heavy (non-hydrogen) atoms. The molecule has 4 aromatic rings. The number of benzene rings is 2. The maximum absolute atomic E-state index is 12.8. The van der Waals surface area contributed by atoms with Gasteiger partial charge in [-0.15, -0.1) is 22.7 Å². The lowest BCUT2D eigenvalue weighted by molar-refractivity contribution is -0.116. The number of rotatable bonds is 11. The molecule has 2 aromatic heterocycles. The first-order valence-electron chi connectivity index (χ1n) is 12.7. The van der Waals surface area contributed by atoms with Crippen LogP contribution >= 0.6 is 22.7 Å². The molecule has 1 amide bonds. The van der Waals surface area contributed by atoms with E-state index in [4.69, 9.17) is 9.72 Å². The number of methoxy groups -OCH3 is 1. The van der Waals surface area contributed by atoms with Crippen LogP contribution < -0.4 is 20.7 Å². The van der Waals surface area contributed by atoms with Gasteiger partial charge in [0.15, 0.2) is 0 Å². The SMILES string of the molecule is COCCNCCC(=O)Nc1sc2c(c1-c1nc3cc(-c4ccccc4NS(C)(=O)=O)ccc3s1)CCNC2. The van der Waals surface area contributed by atoms with E-state index in [0.29, 0.717) is 31.8 Å². The number of ether oxygens (including phenoxy) is 1. The number of nitrogens with zero attached hydrogens (tertiary/aromatic N) is 1. The van der Waals surface area contributed by atoms with Crippen molar-refractivity contribution in [1.29, 1.82) is 0 Å². The molecule has 0 fully saturated rings. The number of thiazole rings is 1. The van der Waals surface area contributed by atoms with Crippen molar-refractivity contribution in [2.24, 2.45) is 0 Å². The minimum Gasteiger partial charge on any atom is -0.383 e. The Labute approximate surface area is 236 Å². The second-order valence-electron chi connectivity index (χ2n) is 9.30. The molecular formula is C27H31N5O4S3. The Kier molecular flexibility index (Phi) is 8.60. The molecule has 12 heteroatoms. The number of carbonyl (C=O) groups is 1. The number of anilines is 2. The fraction of sp³-hybridized carbons (Fsp3) is 0.333. The molecule has 0 bridgehead atoms. The molecule has 3 heterocycles. The molecule has 0 spiro atoms. The van der Waals surface area contributed by atoms with Gasteiger partial charge in [0.25, 0.3) is 0 Å². The number of hydrogen-bond acceptors (Lipinski definition) is 9. The van der Waals surface area contributed by atoms with Crippen LogP contribution in [0.25, 0.3) is 31.9 Å². The molecule has 0 aliphatic carbocycles. The molecule has 5 rings (SSSR count). The zero-order valence-corrected chi connectivity index (χ0v) is 24.2. The lowest BCUT2D eigenvalue weighted by Gasteiger charge is -2.13. The summed E-state index contributed by atoms with van der Waals surface area (Å²) in [5.74, 6) is -0.0360. The smallest absolute Gasteiger partial charge is 0.229 e. The third-order valence-electron chi connectivity index (χ3n) is 6.33. The fourth-order valence-electron chi connectivity index (χ4n) is 4.56. The minimum atomic E-state index is -3.42. The first-order valence-corrected chi connectivity index (χ1v) is 16.2. The number of aromatic nitrogens is 1. The van der Waals surface area contributed by atoms with Crippen LogP contribution in [0.3, 0.4) is 0 Å². The highest BCUT2D eigenvalue weighted by atomic mass is 32.2. The van der Waals surface area contributed by atoms with Gasteiger partial charge in [-0.25, -0.2) is 13.4 Å². The average Bonchev–Trinajstić information content (AvgIpc) is 3.48. The minimum absolute atomic E-state index is 0.0360. The summed E-state index contributed by atoms with van der Waals surface area (Å²) in [6, 6.07) is 13.3. The van der Waals surface area contributed by atoms with Gasteiger partial charge in [0.05, 0.1) is 28.8 Å². The second kappa shape index (κ2) is 12.1. The van der Waals surface area contributed by atoms with E-state index in [1.54, 1.807) is 41.9 Å². The van der Waals surface area contributed by atoms with E-state index in [1.165, 1.54) is 10.4 Å². The van der Waals surface area contributed by atoms with E-state index in [9.17, 15) is 13.2 Å². The van der Waals surface area contributed by atoms with Crippen LogP contribution in [-0.4, -0.2) is 58.9 Å². The van der Waals surface area contributed by atoms with Gasteiger partial charge in [-0.05, 0) is 42.3 Å². The number of fused-ring (bicyclic) bond motifs is 2. The van der Waals surface area contributed by atoms with Gasteiger partial charge < -0.3 is 20.7 Å². The van der Waals surface area contributed by atoms with Gasteiger partial charge in [-0.2, -0.15) is 0 Å². The fourth-order valence-corrected chi connectivity index (χ4v) is 7.47. The van der Waals surface area contributed by atoms with Crippen LogP contribution in [0.15, 0.2) is 42.5 Å². The predicted octanol–water partition coefficient (Wildman–Crippen LogP) is 4.27. The Morgan fingerprint density at radius 3 is 2.82 bits per heavy atom. The van der Waals surface area contributed by atoms with Crippen molar-refractivity contribution in [3.8, 4) is 21.7 Å². The molecule has 9 nitrogen and oxygen atoms in total. The van der Waals surface area contributed by atoms with E-state index in [2.05, 4.69) is 20.7 Å². The predicted molar refractivity (Wildman–Crippen MR) is 160 cm³/mol. The third-order valence-corrected chi connectivity index (χ3v) is 9.12. The summed E-state index contributed by atoms with van der Waals surface area (Å²) in [7, 11) is -1.77. The molecule has 206 valence electrons. The number of para-hydroxylation sites is 1. The van der Waals surface area contributed by atoms with E-state index in [1.807, 2.05) is 30.3 Å². The maximum Gasteiger partial charge on any atom is 0.229 e. The molecule has 0 saturated heterocycles. The maximum atomic E-state index is 12.8. The lowest BCUT2D eigenvalue weighted by atomic mass is 10.0. The molecule has 0 unspecified atom stereocenters. The Morgan fingerprint density at radius 2 is 2.00 bits per heavy atom. The summed E-state index contributed by atoms with van der Waals surface area (Å²) >= 11 is 3.22. The number of hydrogen-bond donors (Lipinski definition) is 4. The highest BCUT2D eigenvalue weighted by Gasteiger charge is 2.25. The zero-order valence-electron chi connectivity index (χ0n) is 21.8. The number of nitrogens with one attached hydrogen (secondary N) is 4. The van der Waals surface area contributed by atoms with Crippen LogP contribution in [0.1, 0.15) is 16.9 Å². The summed E-state index contributed by atoms with van der Waals surface area (Å²) in [5, 5.41) is 11.5. The van der Waals surface area contributed by atoms with E-state index in [0.717, 1.165) is 62.7 Å². The monoisotopic (exact) mass is 585 g/mol. The van der Waals surface area contributed by atoms with Crippen LogP contribution in [0.4, 0.5) is 10.7 Å². The van der Waals surface area contributed by atoms with Gasteiger partial charge in [-0.1, -0.05) is 24.3 Å². The molecule has 1 aliphatic rings. The summed E-state index contributed by atoms with van der Waals surface area (Å²) < 4.78 is 32.5. The van der Waals surface area contributed by atoms with Crippen molar-refractivity contribution < 1.29 is 17.9 Å². The highest BCUT2D eigenvalue weighted by Crippen LogP contribution is 2.45. The van der Waals surface area contributed by atoms with Crippen molar-refractivity contribution in [3.63, 3.8) is 0 Å². The van der Waals surface area contributed by atoms with E-state index >= 15 is 0 Å². The van der Waals surface area contributed by atoms with Crippen molar-refractivity contribution in [2.45, 2.75) is 19.4 Å². The van der Waals surface area contributed by atoms with Crippen LogP contribution in [0, 0.1) is 0 Å². The number of thiophene rings is 1. The summed E-state index contributed by atoms with van der Waals surface area (Å²) in [6.45, 7) is 3.55. The Morgan fingerprint density at radius 1 is 1.15 bits per heavy atom. The normalized spacial score (nSPS) is 13.4. The van der Waals surface area contributed by atoms with Crippen LogP contribution in [0.2, 0.25) is 0 Å². The molecule has 2 aromatic carbocycles. The Bertz CT molecular complexity index is 1600. The second-order valence-corrected chi connectivity index (χ2v) is 13.2. The number of sulfonamides is 1. The third kappa shape index (κ3) is 6.65. The van der Waals surface area contributed by atoms with Gasteiger partial charge >= 0.3 is 0 Å². The van der Waals surface area contributed by atoms with Gasteiger partial charge in [0, 0.05) is 49.2 Å². The van der Waals surface area contributed by atoms with Crippen molar-refractivity contribution in [1.82, 2.24) is 15.6 Å². The molecule has 1 aliphatic heterocycles. The topological polar surface area (TPSA) is 121 Å². The van der Waals surface area contributed by atoms with Gasteiger partial charge in [0.2, 0.25) is 15.9 Å². The largest absolute Gasteiger partial charge is 0.383 e. The standard InChI is InChI=1S/C27H31N5O4S3/c1-36-14-13-28-12-10-24(33)31-27-25(19-9-11-29-16-23(19)38-27)26-30-21-15-17(7-8-22(21)37-26)18-5-3-4-6-20(18)32-39(2,34)35/h3-8,15,28-29,32H,9-14,16H2,1-2H3,(H,31,33). The van der Waals surface area contributed by atoms with Crippen LogP contribution in [0.5, 0.6) is 0 Å². The average molecular weight is 586 g/mol. The van der Waals surface area contributed by atoms with E-state index in [-0.39, 0.29) is 5.91 Å². The molecule has 4 N–H and O–H groups in total. The highest BCUT2D eigenvalue weighted by molar-refractivity contribution is 7.92. The molecule has 0 saturated carbocycles. The van der Waals surface area contributed by atoms with Crippen molar-refractivity contribution >= 4 is 59.5 Å². The van der Waals surface area contributed by atoms with Crippen molar-refractivity contribution in [2.75, 3.05) is 49.6 Å². The van der Waals surface area contributed by atoms with Gasteiger partial charge in [-0.3, -0.25) is 9.52 Å². The summed E-state index contributed by atoms with van der Waals surface area (Å²) in [4.78, 5) is 19.0. The van der Waals surface area contributed by atoms with Gasteiger partial charge in [0.1, 0.15) is 10.0 Å². The first kappa shape index (κ1) is 27.7. The zero-order chi connectivity index (χ0) is 27.4. The van der Waals surface area contributed by atoms with Crippen molar-refractivity contribution in [3.05, 3.63) is 52.9 Å². The molecule has 0 radical (unpaired) electrons. The lowest BCUT2D eigenvalue weighted by Crippen LogP contribution is -2.24. The number of carbonyl (C=O) groups excluding carboxylic acids is 1.